The molecule has 0 saturated carbocycles. The third-order valence-electron chi connectivity index (χ3n) is 4.15. The smallest absolute Gasteiger partial charge is 0.338 e. The summed E-state index contributed by atoms with van der Waals surface area (Å²) in [5.74, 6) is 0.225. The highest BCUT2D eigenvalue weighted by Gasteiger charge is 2.32. The lowest BCUT2D eigenvalue weighted by atomic mass is 9.95. The van der Waals surface area contributed by atoms with Crippen molar-refractivity contribution in [2.75, 3.05) is 7.11 Å². The van der Waals surface area contributed by atoms with Crippen LogP contribution in [0.2, 0.25) is 0 Å². The van der Waals surface area contributed by atoms with Gasteiger partial charge in [-0.05, 0) is 30.2 Å². The van der Waals surface area contributed by atoms with Crippen LogP contribution in [-0.4, -0.2) is 19.1 Å². The monoisotopic (exact) mass is 352 g/mol. The highest BCUT2D eigenvalue weighted by Crippen LogP contribution is 2.29. The van der Waals surface area contributed by atoms with Gasteiger partial charge in [0.15, 0.2) is 0 Å². The third-order valence-corrected chi connectivity index (χ3v) is 4.15. The van der Waals surface area contributed by atoms with Crippen molar-refractivity contribution < 1.29 is 19.1 Å². The summed E-state index contributed by atoms with van der Waals surface area (Å²) >= 11 is 0. The maximum atomic E-state index is 12.7. The molecule has 0 spiro atoms. The minimum atomic E-state index is -0.585. The van der Waals surface area contributed by atoms with Crippen molar-refractivity contribution in [1.29, 1.82) is 0 Å². The average Bonchev–Trinajstić information content (AvgIpc) is 2.66. The van der Waals surface area contributed by atoms with Crippen molar-refractivity contribution in [1.82, 2.24) is 10.6 Å². The zero-order valence-corrected chi connectivity index (χ0v) is 14.6. The Morgan fingerprint density at radius 3 is 2.42 bits per heavy atom. The van der Waals surface area contributed by atoms with E-state index in [2.05, 4.69) is 10.6 Å². The predicted octanol–water partition coefficient (Wildman–Crippen LogP) is 3.07. The van der Waals surface area contributed by atoms with Crippen LogP contribution in [-0.2, 0) is 16.1 Å². The molecule has 2 aromatic rings. The first-order valence-electron chi connectivity index (χ1n) is 8.22. The molecule has 6 heteroatoms. The second-order valence-electron chi connectivity index (χ2n) is 5.91. The van der Waals surface area contributed by atoms with E-state index in [9.17, 15) is 9.59 Å². The van der Waals surface area contributed by atoms with Crippen molar-refractivity contribution in [2.24, 2.45) is 0 Å². The Kier molecular flexibility index (Phi) is 5.22. The van der Waals surface area contributed by atoms with Crippen LogP contribution in [0.25, 0.3) is 0 Å². The van der Waals surface area contributed by atoms with Crippen molar-refractivity contribution in [2.45, 2.75) is 19.6 Å². The Labute approximate surface area is 151 Å². The van der Waals surface area contributed by atoms with E-state index >= 15 is 0 Å². The van der Waals surface area contributed by atoms with Gasteiger partial charge >= 0.3 is 12.0 Å². The molecular weight excluding hydrogens is 332 g/mol. The molecule has 0 aliphatic carbocycles. The number of methoxy groups -OCH3 is 1. The highest BCUT2D eigenvalue weighted by molar-refractivity contribution is 5.95. The van der Waals surface area contributed by atoms with E-state index < -0.39 is 12.0 Å². The molecule has 0 unspecified atom stereocenters. The van der Waals surface area contributed by atoms with Gasteiger partial charge in [0, 0.05) is 5.70 Å². The number of urea groups is 1. The summed E-state index contributed by atoms with van der Waals surface area (Å²) in [5.41, 5.74) is 2.53. The second-order valence-corrected chi connectivity index (χ2v) is 5.91. The molecule has 0 fully saturated rings. The average molecular weight is 352 g/mol. The summed E-state index contributed by atoms with van der Waals surface area (Å²) in [4.78, 5) is 24.6. The van der Waals surface area contributed by atoms with Gasteiger partial charge in [0.05, 0.1) is 18.7 Å². The van der Waals surface area contributed by atoms with Crippen LogP contribution >= 0.6 is 0 Å². The second kappa shape index (κ2) is 7.74. The molecule has 2 aromatic carbocycles. The van der Waals surface area contributed by atoms with Crippen molar-refractivity contribution in [3.05, 3.63) is 77.0 Å². The first kappa shape index (κ1) is 17.5. The fraction of sp³-hybridized carbons (Fsp3) is 0.200. The molecule has 0 bridgehead atoms. The predicted molar refractivity (Wildman–Crippen MR) is 96.3 cm³/mol. The van der Waals surface area contributed by atoms with Gasteiger partial charge in [-0.3, -0.25) is 0 Å². The molecule has 1 atom stereocenters. The fourth-order valence-electron chi connectivity index (χ4n) is 2.81. The molecule has 0 aromatic heterocycles. The number of ether oxygens (including phenoxy) is 2. The quantitative estimate of drug-likeness (QED) is 0.811. The maximum absolute atomic E-state index is 12.7. The summed E-state index contributed by atoms with van der Waals surface area (Å²) in [5, 5.41) is 5.41. The van der Waals surface area contributed by atoms with Crippen LogP contribution < -0.4 is 15.4 Å². The maximum Gasteiger partial charge on any atom is 0.338 e. The lowest BCUT2D eigenvalue weighted by Gasteiger charge is -2.28. The van der Waals surface area contributed by atoms with Crippen LogP contribution in [0.3, 0.4) is 0 Å². The Morgan fingerprint density at radius 1 is 1.08 bits per heavy atom. The molecule has 2 amide bonds. The number of carbonyl (C=O) groups excluding carboxylic acids is 2. The molecule has 0 radical (unpaired) electrons. The molecule has 26 heavy (non-hydrogen) atoms. The first-order chi connectivity index (χ1) is 12.6. The van der Waals surface area contributed by atoms with E-state index in [4.69, 9.17) is 9.47 Å². The summed E-state index contributed by atoms with van der Waals surface area (Å²) in [6.45, 7) is 1.86. The van der Waals surface area contributed by atoms with Crippen molar-refractivity contribution in [3.8, 4) is 5.75 Å². The van der Waals surface area contributed by atoms with E-state index in [1.807, 2.05) is 42.5 Å². The molecule has 3 rings (SSSR count). The molecule has 1 aliphatic rings. The molecule has 134 valence electrons. The minimum absolute atomic E-state index is 0.166. The van der Waals surface area contributed by atoms with E-state index in [0.717, 1.165) is 11.1 Å². The van der Waals surface area contributed by atoms with Crippen LogP contribution in [0.1, 0.15) is 24.1 Å². The van der Waals surface area contributed by atoms with Crippen molar-refractivity contribution in [3.63, 3.8) is 0 Å². The van der Waals surface area contributed by atoms with Crippen LogP contribution in [0.5, 0.6) is 5.75 Å². The topological polar surface area (TPSA) is 76.7 Å². The van der Waals surface area contributed by atoms with Gasteiger partial charge in [0.1, 0.15) is 12.4 Å². The lowest BCUT2D eigenvalue weighted by Crippen LogP contribution is -2.45. The molecule has 2 N–H and O–H groups in total. The van der Waals surface area contributed by atoms with Gasteiger partial charge in [0.25, 0.3) is 0 Å². The number of esters is 1. The normalized spacial score (nSPS) is 16.5. The molecule has 1 aliphatic heterocycles. The fourth-order valence-corrected chi connectivity index (χ4v) is 2.81. The third kappa shape index (κ3) is 3.85. The van der Waals surface area contributed by atoms with Crippen LogP contribution in [0.15, 0.2) is 65.9 Å². The van der Waals surface area contributed by atoms with Gasteiger partial charge in [-0.2, -0.15) is 0 Å². The Hall–Kier alpha value is -3.28. The lowest BCUT2D eigenvalue weighted by molar-refractivity contribution is -0.140. The largest absolute Gasteiger partial charge is 0.497 e. The summed E-state index contributed by atoms with van der Waals surface area (Å²) < 4.78 is 10.6. The first-order valence-corrected chi connectivity index (χ1v) is 8.22. The Balaban J connectivity index is 1.83. The zero-order valence-electron chi connectivity index (χ0n) is 14.6. The molecule has 1 heterocycles. The number of nitrogens with one attached hydrogen (secondary N) is 2. The van der Waals surface area contributed by atoms with Gasteiger partial charge in [-0.1, -0.05) is 42.5 Å². The summed E-state index contributed by atoms with van der Waals surface area (Å²) in [6, 6.07) is 15.7. The minimum Gasteiger partial charge on any atom is -0.497 e. The molecular formula is C20H20N2O4. The number of carbonyl (C=O) groups is 2. The van der Waals surface area contributed by atoms with Gasteiger partial charge < -0.3 is 20.1 Å². The number of hydrogen-bond donors (Lipinski definition) is 2. The van der Waals surface area contributed by atoms with Crippen LogP contribution in [0.4, 0.5) is 4.79 Å². The Bertz CT molecular complexity index is 829. The summed E-state index contributed by atoms with van der Waals surface area (Å²) in [6.07, 6.45) is 0. The molecule has 0 saturated heterocycles. The van der Waals surface area contributed by atoms with Crippen LogP contribution in [0, 0.1) is 0 Å². The molecule has 6 nitrogen and oxygen atoms in total. The van der Waals surface area contributed by atoms with Crippen molar-refractivity contribution >= 4 is 12.0 Å². The van der Waals surface area contributed by atoms with Gasteiger partial charge in [-0.25, -0.2) is 9.59 Å². The standard InChI is InChI=1S/C20H20N2O4/c1-13-17(19(23)26-12-14-6-4-3-5-7-14)18(22-20(24)21-13)15-8-10-16(25-2)11-9-15/h3-11,18H,12H2,1-2H3,(H2,21,22,24)/t18-/m1/s1. The van der Waals surface area contributed by atoms with E-state index in [1.54, 1.807) is 26.2 Å². The van der Waals surface area contributed by atoms with Gasteiger partial charge in [-0.15, -0.1) is 0 Å². The number of allylic oxidation sites excluding steroid dienone is 1. The van der Waals surface area contributed by atoms with Gasteiger partial charge in [0.2, 0.25) is 0 Å². The number of amides is 2. The Morgan fingerprint density at radius 2 is 1.77 bits per heavy atom. The highest BCUT2D eigenvalue weighted by atomic mass is 16.5. The van der Waals surface area contributed by atoms with E-state index in [1.165, 1.54) is 0 Å². The number of rotatable bonds is 5. The zero-order chi connectivity index (χ0) is 18.5. The number of hydrogen-bond acceptors (Lipinski definition) is 4. The van der Waals surface area contributed by atoms with E-state index in [-0.39, 0.29) is 12.6 Å². The van der Waals surface area contributed by atoms with E-state index in [0.29, 0.717) is 17.0 Å². The summed E-state index contributed by atoms with van der Waals surface area (Å²) in [7, 11) is 1.58. The number of benzene rings is 2. The SMILES string of the molecule is COc1ccc([C@H]2NC(=O)NC(C)=C2C(=O)OCc2ccccc2)cc1.